The number of nitrogens with zero attached hydrogens (tertiary/aromatic N) is 4. The molecule has 5 heteroatoms. The molecule has 26 heavy (non-hydrogen) atoms. The van der Waals surface area contributed by atoms with Gasteiger partial charge in [0, 0.05) is 36.4 Å². The Kier molecular flexibility index (Phi) is 4.39. The Bertz CT molecular complexity index is 811. The highest BCUT2D eigenvalue weighted by Gasteiger charge is 2.47. The topological polar surface area (TPSA) is 49.3 Å². The third-order valence-corrected chi connectivity index (χ3v) is 5.84. The molecule has 2 fully saturated rings. The van der Waals surface area contributed by atoms with Gasteiger partial charge >= 0.3 is 0 Å². The van der Waals surface area contributed by atoms with Gasteiger partial charge in [-0.05, 0) is 57.4 Å². The van der Waals surface area contributed by atoms with Gasteiger partial charge in [-0.15, -0.1) is 0 Å². The van der Waals surface area contributed by atoms with E-state index >= 15 is 0 Å². The first kappa shape index (κ1) is 17.0. The number of aryl methyl sites for hydroxylation is 2. The lowest BCUT2D eigenvalue weighted by Crippen LogP contribution is -2.53. The molecule has 0 aromatic carbocycles. The first-order valence-corrected chi connectivity index (χ1v) is 9.47. The van der Waals surface area contributed by atoms with E-state index < -0.39 is 0 Å². The van der Waals surface area contributed by atoms with Gasteiger partial charge < -0.3 is 9.80 Å². The lowest BCUT2D eigenvalue weighted by Gasteiger charge is -2.45. The molecule has 4 heterocycles. The minimum absolute atomic E-state index is 0.0111. The van der Waals surface area contributed by atoms with Crippen molar-refractivity contribution in [3.8, 4) is 0 Å². The monoisotopic (exact) mass is 350 g/mol. The Hall–Kier alpha value is -2.43. The number of anilines is 1. The van der Waals surface area contributed by atoms with Crippen molar-refractivity contribution in [2.75, 3.05) is 18.0 Å². The van der Waals surface area contributed by atoms with E-state index in [1.807, 2.05) is 38.1 Å². The smallest absolute Gasteiger partial charge is 0.223 e. The highest BCUT2D eigenvalue weighted by Crippen LogP contribution is 2.40. The SMILES string of the molecule is Cc1cccc(CN2C(=O)CCC23CCN(c2cccc(C)n2)CC3)n1. The summed E-state index contributed by atoms with van der Waals surface area (Å²) in [4.78, 5) is 26.3. The third-order valence-electron chi connectivity index (χ3n) is 5.84. The minimum Gasteiger partial charge on any atom is -0.356 e. The summed E-state index contributed by atoms with van der Waals surface area (Å²) in [5, 5.41) is 0. The van der Waals surface area contributed by atoms with Crippen molar-refractivity contribution >= 4 is 11.7 Å². The Morgan fingerprint density at radius 3 is 2.35 bits per heavy atom. The van der Waals surface area contributed by atoms with E-state index in [4.69, 9.17) is 0 Å². The fourth-order valence-corrected chi connectivity index (χ4v) is 4.36. The average Bonchev–Trinajstić information content (AvgIpc) is 2.92. The quantitative estimate of drug-likeness (QED) is 0.853. The number of piperidine rings is 1. The molecule has 0 bridgehead atoms. The van der Waals surface area contributed by atoms with Gasteiger partial charge in [0.2, 0.25) is 5.91 Å². The van der Waals surface area contributed by atoms with Gasteiger partial charge in [-0.1, -0.05) is 12.1 Å². The molecule has 1 spiro atoms. The number of aromatic nitrogens is 2. The fraction of sp³-hybridized carbons (Fsp3) is 0.476. The third kappa shape index (κ3) is 3.18. The number of rotatable bonds is 3. The normalized spacial score (nSPS) is 19.4. The second kappa shape index (κ2) is 6.71. The second-order valence-electron chi connectivity index (χ2n) is 7.60. The number of pyridine rings is 2. The molecule has 0 radical (unpaired) electrons. The standard InChI is InChI=1S/C21H26N4O/c1-16-5-3-7-18(22-16)15-25-20(26)9-10-21(25)11-13-24(14-12-21)19-8-4-6-17(2)23-19/h3-8H,9-15H2,1-2H3. The summed E-state index contributed by atoms with van der Waals surface area (Å²) in [6.45, 7) is 6.55. The zero-order valence-corrected chi connectivity index (χ0v) is 15.6. The summed E-state index contributed by atoms with van der Waals surface area (Å²) in [6.07, 6.45) is 3.63. The molecule has 4 rings (SSSR count). The fourth-order valence-electron chi connectivity index (χ4n) is 4.36. The van der Waals surface area contributed by atoms with E-state index in [0.29, 0.717) is 13.0 Å². The Morgan fingerprint density at radius 2 is 1.65 bits per heavy atom. The lowest BCUT2D eigenvalue weighted by molar-refractivity contribution is -0.132. The summed E-state index contributed by atoms with van der Waals surface area (Å²) in [5.74, 6) is 1.33. The molecule has 0 unspecified atom stereocenters. The Morgan fingerprint density at radius 1 is 0.962 bits per heavy atom. The van der Waals surface area contributed by atoms with Gasteiger partial charge in [0.05, 0.1) is 12.2 Å². The summed E-state index contributed by atoms with van der Waals surface area (Å²) in [6, 6.07) is 12.2. The van der Waals surface area contributed by atoms with Crippen LogP contribution in [0.5, 0.6) is 0 Å². The van der Waals surface area contributed by atoms with Crippen molar-refractivity contribution in [3.05, 3.63) is 53.5 Å². The van der Waals surface area contributed by atoms with Crippen LogP contribution in [0.25, 0.3) is 0 Å². The molecule has 2 aliphatic rings. The molecule has 0 N–H and O–H groups in total. The molecule has 2 aliphatic heterocycles. The van der Waals surface area contributed by atoms with Crippen molar-refractivity contribution in [2.45, 2.75) is 51.6 Å². The van der Waals surface area contributed by atoms with E-state index in [9.17, 15) is 4.79 Å². The molecule has 136 valence electrons. The maximum Gasteiger partial charge on any atom is 0.223 e. The van der Waals surface area contributed by atoms with E-state index in [0.717, 1.165) is 55.3 Å². The molecule has 1 amide bonds. The van der Waals surface area contributed by atoms with Crippen LogP contribution in [-0.2, 0) is 11.3 Å². The molecule has 5 nitrogen and oxygen atoms in total. The first-order valence-electron chi connectivity index (χ1n) is 9.47. The van der Waals surface area contributed by atoms with Gasteiger partial charge in [0.25, 0.3) is 0 Å². The van der Waals surface area contributed by atoms with Crippen LogP contribution in [0, 0.1) is 13.8 Å². The van der Waals surface area contributed by atoms with Crippen molar-refractivity contribution in [1.29, 1.82) is 0 Å². The lowest BCUT2D eigenvalue weighted by atomic mass is 9.85. The zero-order chi connectivity index (χ0) is 18.1. The zero-order valence-electron chi connectivity index (χ0n) is 15.6. The van der Waals surface area contributed by atoms with Crippen molar-refractivity contribution in [3.63, 3.8) is 0 Å². The number of likely N-dealkylation sites (tertiary alicyclic amines) is 1. The predicted molar refractivity (Wildman–Crippen MR) is 102 cm³/mol. The molecule has 0 atom stereocenters. The summed E-state index contributed by atoms with van der Waals surface area (Å²) < 4.78 is 0. The van der Waals surface area contributed by atoms with Crippen LogP contribution in [0.15, 0.2) is 36.4 Å². The van der Waals surface area contributed by atoms with E-state index in [2.05, 4.69) is 31.9 Å². The van der Waals surface area contributed by atoms with Gasteiger partial charge in [-0.2, -0.15) is 0 Å². The van der Waals surface area contributed by atoms with Crippen LogP contribution in [-0.4, -0.2) is 39.4 Å². The number of hydrogen-bond donors (Lipinski definition) is 0. The van der Waals surface area contributed by atoms with Crippen molar-refractivity contribution in [1.82, 2.24) is 14.9 Å². The van der Waals surface area contributed by atoms with Crippen LogP contribution in [0.1, 0.15) is 42.8 Å². The number of carbonyl (C=O) groups is 1. The van der Waals surface area contributed by atoms with Crippen LogP contribution >= 0.6 is 0 Å². The van der Waals surface area contributed by atoms with E-state index in [1.165, 1.54) is 0 Å². The molecule has 2 saturated heterocycles. The molecular formula is C21H26N4O. The molecular weight excluding hydrogens is 324 g/mol. The minimum atomic E-state index is -0.0111. The van der Waals surface area contributed by atoms with Gasteiger partial charge in [-0.25, -0.2) is 4.98 Å². The van der Waals surface area contributed by atoms with Crippen molar-refractivity contribution in [2.24, 2.45) is 0 Å². The predicted octanol–water partition coefficient (Wildman–Crippen LogP) is 3.26. The summed E-state index contributed by atoms with van der Waals surface area (Å²) in [5.41, 5.74) is 3.03. The highest BCUT2D eigenvalue weighted by atomic mass is 16.2. The first-order chi connectivity index (χ1) is 12.6. The van der Waals surface area contributed by atoms with Gasteiger partial charge in [-0.3, -0.25) is 9.78 Å². The Balaban J connectivity index is 1.50. The molecule has 0 saturated carbocycles. The van der Waals surface area contributed by atoms with E-state index in [1.54, 1.807) is 0 Å². The average molecular weight is 350 g/mol. The maximum atomic E-state index is 12.6. The highest BCUT2D eigenvalue weighted by molar-refractivity contribution is 5.79. The molecule has 0 aliphatic carbocycles. The Labute approximate surface area is 155 Å². The number of amides is 1. The summed E-state index contributed by atoms with van der Waals surface area (Å²) in [7, 11) is 0. The largest absolute Gasteiger partial charge is 0.356 e. The number of hydrogen-bond acceptors (Lipinski definition) is 4. The summed E-state index contributed by atoms with van der Waals surface area (Å²) >= 11 is 0. The molecule has 2 aromatic heterocycles. The van der Waals surface area contributed by atoms with Crippen LogP contribution < -0.4 is 4.90 Å². The number of carbonyl (C=O) groups excluding carboxylic acids is 1. The second-order valence-corrected chi connectivity index (χ2v) is 7.60. The molecule has 2 aromatic rings. The van der Waals surface area contributed by atoms with Crippen LogP contribution in [0.2, 0.25) is 0 Å². The van der Waals surface area contributed by atoms with Gasteiger partial charge in [0.15, 0.2) is 0 Å². The van der Waals surface area contributed by atoms with Crippen molar-refractivity contribution < 1.29 is 4.79 Å². The van der Waals surface area contributed by atoms with Gasteiger partial charge in [0.1, 0.15) is 5.82 Å². The van der Waals surface area contributed by atoms with Crippen LogP contribution in [0.3, 0.4) is 0 Å². The van der Waals surface area contributed by atoms with E-state index in [-0.39, 0.29) is 11.4 Å². The van der Waals surface area contributed by atoms with Crippen LogP contribution in [0.4, 0.5) is 5.82 Å². The maximum absolute atomic E-state index is 12.6.